The summed E-state index contributed by atoms with van der Waals surface area (Å²) in [7, 11) is 0. The summed E-state index contributed by atoms with van der Waals surface area (Å²) in [6.07, 6.45) is 13.6. The van der Waals surface area contributed by atoms with Crippen LogP contribution in [0.4, 0.5) is 0 Å². The van der Waals surface area contributed by atoms with Gasteiger partial charge < -0.3 is 4.79 Å². The molecule has 0 unspecified atom stereocenters. The highest BCUT2D eigenvalue weighted by molar-refractivity contribution is 5.75. The molecule has 0 aromatic heterocycles. The quantitative estimate of drug-likeness (QED) is 0.480. The fourth-order valence-electron chi connectivity index (χ4n) is 6.23. The molecule has 0 aliphatic heterocycles. The monoisotopic (exact) mass is 332 g/mol. The van der Waals surface area contributed by atoms with E-state index in [1.807, 2.05) is 0 Å². The number of rotatable bonds is 6. The van der Waals surface area contributed by atoms with Gasteiger partial charge in [0.05, 0.1) is 0 Å². The van der Waals surface area contributed by atoms with Crippen LogP contribution in [-0.4, -0.2) is 5.78 Å². The summed E-state index contributed by atoms with van der Waals surface area (Å²) < 4.78 is 0. The largest absolute Gasteiger partial charge is 0.300 e. The van der Waals surface area contributed by atoms with Crippen molar-refractivity contribution < 1.29 is 4.79 Å². The normalized spacial score (nSPS) is 36.2. The third-order valence-electron chi connectivity index (χ3n) is 7.56. The van der Waals surface area contributed by atoms with Crippen LogP contribution >= 0.6 is 0 Å². The number of carbonyl (C=O) groups is 1. The molecule has 2 aliphatic rings. The van der Waals surface area contributed by atoms with Crippen LogP contribution in [0.5, 0.6) is 0 Å². The molecular formula is C23H40O. The molecule has 0 N–H and O–H groups in total. The van der Waals surface area contributed by atoms with Crippen LogP contribution in [0.25, 0.3) is 0 Å². The standard InChI is InChI=1S/C23H40O/c1-17(9-7-10-19(3)24)11-13-20-18(2)12-14-21-22(4,5)15-8-16-23(20,21)6/h9,18,20-21H,7-8,10-16H2,1-6H3/t18-,20+,21-,23+/m0/s1. The maximum Gasteiger partial charge on any atom is 0.130 e. The lowest BCUT2D eigenvalue weighted by Crippen LogP contribution is -2.51. The van der Waals surface area contributed by atoms with Gasteiger partial charge in [0.25, 0.3) is 0 Å². The summed E-state index contributed by atoms with van der Waals surface area (Å²) in [5, 5.41) is 0. The zero-order chi connectivity index (χ0) is 18.0. The number of Topliss-reactive ketones (excluding diaryl/α,β-unsaturated/α-hetero) is 1. The molecule has 0 saturated heterocycles. The Hall–Kier alpha value is -0.590. The fraction of sp³-hybridized carbons (Fsp3) is 0.870. The van der Waals surface area contributed by atoms with Gasteiger partial charge in [0.2, 0.25) is 0 Å². The Balaban J connectivity index is 2.03. The first kappa shape index (κ1) is 19.7. The third-order valence-corrected chi connectivity index (χ3v) is 7.56. The Kier molecular flexibility index (Phi) is 6.37. The molecule has 138 valence electrons. The van der Waals surface area contributed by atoms with Gasteiger partial charge in [-0.15, -0.1) is 0 Å². The second-order valence-electron chi connectivity index (χ2n) is 9.89. The maximum absolute atomic E-state index is 11.1. The highest BCUT2D eigenvalue weighted by Gasteiger charge is 2.53. The average molecular weight is 333 g/mol. The van der Waals surface area contributed by atoms with Gasteiger partial charge in [-0.3, -0.25) is 0 Å². The molecule has 0 spiro atoms. The molecule has 2 saturated carbocycles. The summed E-state index contributed by atoms with van der Waals surface area (Å²) >= 11 is 0. The predicted octanol–water partition coefficient (Wildman–Crippen LogP) is 6.96. The molecule has 0 amide bonds. The van der Waals surface area contributed by atoms with Crippen LogP contribution in [-0.2, 0) is 4.79 Å². The van der Waals surface area contributed by atoms with Crippen LogP contribution < -0.4 is 0 Å². The van der Waals surface area contributed by atoms with Crippen molar-refractivity contribution in [2.75, 3.05) is 0 Å². The van der Waals surface area contributed by atoms with Gasteiger partial charge in [-0.25, -0.2) is 0 Å². The minimum Gasteiger partial charge on any atom is -0.300 e. The smallest absolute Gasteiger partial charge is 0.130 e. The van der Waals surface area contributed by atoms with Gasteiger partial charge in [-0.2, -0.15) is 0 Å². The Morgan fingerprint density at radius 2 is 1.79 bits per heavy atom. The van der Waals surface area contributed by atoms with Crippen molar-refractivity contribution in [3.05, 3.63) is 11.6 Å². The van der Waals surface area contributed by atoms with Gasteiger partial charge in [-0.1, -0.05) is 52.2 Å². The number of hydrogen-bond acceptors (Lipinski definition) is 1. The van der Waals surface area contributed by atoms with E-state index in [0.717, 1.165) is 24.2 Å². The van der Waals surface area contributed by atoms with Gasteiger partial charge in [0.1, 0.15) is 5.78 Å². The van der Waals surface area contributed by atoms with Crippen molar-refractivity contribution in [2.24, 2.45) is 28.6 Å². The Morgan fingerprint density at radius 3 is 2.46 bits per heavy atom. The Labute approximate surface area is 150 Å². The van der Waals surface area contributed by atoms with Crippen LogP contribution in [0.2, 0.25) is 0 Å². The molecule has 24 heavy (non-hydrogen) atoms. The average Bonchev–Trinajstić information content (AvgIpc) is 2.45. The molecule has 0 heterocycles. The van der Waals surface area contributed by atoms with E-state index < -0.39 is 0 Å². The molecule has 2 rings (SSSR count). The molecule has 2 aliphatic carbocycles. The minimum atomic E-state index is 0.305. The van der Waals surface area contributed by atoms with E-state index in [9.17, 15) is 4.79 Å². The molecular weight excluding hydrogens is 292 g/mol. The molecule has 1 nitrogen and oxygen atoms in total. The van der Waals surface area contributed by atoms with E-state index in [1.54, 1.807) is 6.92 Å². The summed E-state index contributed by atoms with van der Waals surface area (Å²) in [5.74, 6) is 2.94. The van der Waals surface area contributed by atoms with Crippen molar-refractivity contribution in [1.29, 1.82) is 0 Å². The number of hydrogen-bond donors (Lipinski definition) is 0. The third kappa shape index (κ3) is 4.33. The molecule has 0 bridgehead atoms. The van der Waals surface area contributed by atoms with E-state index in [-0.39, 0.29) is 0 Å². The number of allylic oxidation sites excluding steroid dienone is 2. The Morgan fingerprint density at radius 1 is 1.08 bits per heavy atom. The van der Waals surface area contributed by atoms with Crippen molar-refractivity contribution in [3.8, 4) is 0 Å². The zero-order valence-corrected chi connectivity index (χ0v) is 17.1. The van der Waals surface area contributed by atoms with Crippen molar-refractivity contribution in [1.82, 2.24) is 0 Å². The lowest BCUT2D eigenvalue weighted by molar-refractivity contribution is -0.116. The minimum absolute atomic E-state index is 0.305. The van der Waals surface area contributed by atoms with E-state index in [4.69, 9.17) is 0 Å². The summed E-state index contributed by atoms with van der Waals surface area (Å²) in [6.45, 7) is 14.1. The van der Waals surface area contributed by atoms with Crippen LogP contribution in [0.1, 0.15) is 99.3 Å². The highest BCUT2D eigenvalue weighted by atomic mass is 16.1. The van der Waals surface area contributed by atoms with Crippen molar-refractivity contribution in [2.45, 2.75) is 99.3 Å². The number of fused-ring (bicyclic) bond motifs is 1. The van der Waals surface area contributed by atoms with Crippen LogP contribution in [0, 0.1) is 28.6 Å². The first-order chi connectivity index (χ1) is 11.2. The van der Waals surface area contributed by atoms with Gasteiger partial charge >= 0.3 is 0 Å². The summed E-state index contributed by atoms with van der Waals surface area (Å²) in [5.41, 5.74) is 2.56. The van der Waals surface area contributed by atoms with E-state index in [2.05, 4.69) is 40.7 Å². The molecule has 1 heteroatoms. The first-order valence-corrected chi connectivity index (χ1v) is 10.3. The lowest BCUT2D eigenvalue weighted by Gasteiger charge is -2.59. The first-order valence-electron chi connectivity index (χ1n) is 10.3. The van der Waals surface area contributed by atoms with Gasteiger partial charge in [0, 0.05) is 6.42 Å². The molecule has 0 aromatic carbocycles. The van der Waals surface area contributed by atoms with Gasteiger partial charge in [0.15, 0.2) is 0 Å². The van der Waals surface area contributed by atoms with Crippen molar-refractivity contribution in [3.63, 3.8) is 0 Å². The number of ketones is 1. The maximum atomic E-state index is 11.1. The van der Waals surface area contributed by atoms with Crippen LogP contribution in [0.15, 0.2) is 11.6 Å². The lowest BCUT2D eigenvalue weighted by atomic mass is 9.46. The SMILES string of the molecule is CC(=O)CCC=C(C)CC[C@@H]1[C@@H](C)CC[C@H]2C(C)(C)CCC[C@]12C. The summed E-state index contributed by atoms with van der Waals surface area (Å²) in [6, 6.07) is 0. The Bertz CT molecular complexity index is 472. The van der Waals surface area contributed by atoms with E-state index in [0.29, 0.717) is 23.0 Å². The zero-order valence-electron chi connectivity index (χ0n) is 17.1. The summed E-state index contributed by atoms with van der Waals surface area (Å²) in [4.78, 5) is 11.1. The predicted molar refractivity (Wildman–Crippen MR) is 104 cm³/mol. The van der Waals surface area contributed by atoms with Gasteiger partial charge in [-0.05, 0) is 81.0 Å². The molecule has 2 fully saturated rings. The fourth-order valence-corrected chi connectivity index (χ4v) is 6.23. The second-order valence-corrected chi connectivity index (χ2v) is 9.89. The molecule has 0 radical (unpaired) electrons. The molecule has 0 aromatic rings. The number of carbonyl (C=O) groups excluding carboxylic acids is 1. The van der Waals surface area contributed by atoms with Crippen LogP contribution in [0.3, 0.4) is 0 Å². The molecule has 4 atom stereocenters. The van der Waals surface area contributed by atoms with E-state index in [1.165, 1.54) is 50.5 Å². The van der Waals surface area contributed by atoms with Crippen molar-refractivity contribution >= 4 is 5.78 Å². The topological polar surface area (TPSA) is 17.1 Å². The van der Waals surface area contributed by atoms with E-state index >= 15 is 0 Å². The highest BCUT2D eigenvalue weighted by Crippen LogP contribution is 2.62. The second kappa shape index (κ2) is 7.75.